The molecule has 0 N–H and O–H groups in total. The van der Waals surface area contributed by atoms with E-state index in [-0.39, 0.29) is 4.91 Å². The van der Waals surface area contributed by atoms with Crippen molar-refractivity contribution in [2.24, 2.45) is 0 Å². The SMILES string of the molecule is O=C1/C(=C\c2ccc(F)cc2)S(=O)(=O)[C@H](c2ccccc2)N1c1ccccc1. The lowest BCUT2D eigenvalue weighted by atomic mass is 10.1. The van der Waals surface area contributed by atoms with E-state index in [1.165, 1.54) is 35.2 Å². The van der Waals surface area contributed by atoms with E-state index in [1.54, 1.807) is 60.7 Å². The summed E-state index contributed by atoms with van der Waals surface area (Å²) in [6.45, 7) is 0. The fourth-order valence-corrected chi connectivity index (χ4v) is 5.14. The van der Waals surface area contributed by atoms with Crippen LogP contribution in [0.4, 0.5) is 10.1 Å². The highest BCUT2D eigenvalue weighted by atomic mass is 32.2. The van der Waals surface area contributed by atoms with Crippen molar-refractivity contribution in [3.05, 3.63) is 107 Å². The first-order chi connectivity index (χ1) is 13.5. The zero-order valence-corrected chi connectivity index (χ0v) is 15.5. The van der Waals surface area contributed by atoms with Crippen LogP contribution < -0.4 is 4.90 Å². The first-order valence-corrected chi connectivity index (χ1v) is 10.2. The van der Waals surface area contributed by atoms with E-state index in [2.05, 4.69) is 0 Å². The van der Waals surface area contributed by atoms with Gasteiger partial charge in [-0.15, -0.1) is 0 Å². The van der Waals surface area contributed by atoms with E-state index in [4.69, 9.17) is 0 Å². The summed E-state index contributed by atoms with van der Waals surface area (Å²) in [5.74, 6) is -1.04. The summed E-state index contributed by atoms with van der Waals surface area (Å²) in [5, 5.41) is -1.16. The van der Waals surface area contributed by atoms with Gasteiger partial charge in [-0.2, -0.15) is 0 Å². The molecule has 1 fully saturated rings. The Morgan fingerprint density at radius 3 is 2.00 bits per heavy atom. The molecule has 1 atom stereocenters. The van der Waals surface area contributed by atoms with Crippen LogP contribution in [-0.2, 0) is 14.6 Å². The first-order valence-electron chi connectivity index (χ1n) is 8.63. The molecular formula is C22H16FNO3S. The Labute approximate surface area is 162 Å². The van der Waals surface area contributed by atoms with Crippen molar-refractivity contribution in [1.82, 2.24) is 0 Å². The topological polar surface area (TPSA) is 54.5 Å². The average Bonchev–Trinajstić information content (AvgIpc) is 2.91. The lowest BCUT2D eigenvalue weighted by molar-refractivity contribution is -0.114. The number of rotatable bonds is 3. The van der Waals surface area contributed by atoms with Gasteiger partial charge in [-0.3, -0.25) is 9.69 Å². The van der Waals surface area contributed by atoms with Gasteiger partial charge < -0.3 is 0 Å². The number of carbonyl (C=O) groups is 1. The third kappa shape index (κ3) is 3.12. The molecule has 1 saturated heterocycles. The molecule has 4 nitrogen and oxygen atoms in total. The Balaban J connectivity index is 1.90. The lowest BCUT2D eigenvalue weighted by Crippen LogP contribution is -2.28. The Kier molecular flexibility index (Phi) is 4.57. The first kappa shape index (κ1) is 18.1. The minimum atomic E-state index is -3.99. The molecule has 3 aromatic carbocycles. The molecule has 28 heavy (non-hydrogen) atoms. The molecule has 0 unspecified atom stereocenters. The van der Waals surface area contributed by atoms with Crippen LogP contribution in [0.5, 0.6) is 0 Å². The third-order valence-corrected chi connectivity index (χ3v) is 6.53. The number of nitrogens with zero attached hydrogens (tertiary/aromatic N) is 1. The number of para-hydroxylation sites is 1. The molecular weight excluding hydrogens is 377 g/mol. The second-order valence-corrected chi connectivity index (χ2v) is 8.36. The molecule has 0 aliphatic carbocycles. The zero-order valence-electron chi connectivity index (χ0n) is 14.7. The molecule has 0 saturated carbocycles. The maximum Gasteiger partial charge on any atom is 0.271 e. The summed E-state index contributed by atoms with van der Waals surface area (Å²) in [5.41, 5.74) is 1.43. The maximum absolute atomic E-state index is 13.4. The Bertz CT molecular complexity index is 1140. The van der Waals surface area contributed by atoms with Crippen molar-refractivity contribution in [3.63, 3.8) is 0 Å². The minimum absolute atomic E-state index is 0.309. The maximum atomic E-state index is 13.4. The van der Waals surface area contributed by atoms with E-state index in [0.717, 1.165) is 0 Å². The molecule has 1 aliphatic rings. The predicted molar refractivity (Wildman–Crippen MR) is 106 cm³/mol. The number of amides is 1. The smallest absolute Gasteiger partial charge is 0.271 e. The average molecular weight is 393 g/mol. The van der Waals surface area contributed by atoms with E-state index < -0.39 is 26.9 Å². The molecule has 1 heterocycles. The van der Waals surface area contributed by atoms with Crippen molar-refractivity contribution in [1.29, 1.82) is 0 Å². The standard InChI is InChI=1S/C22H16FNO3S/c23-18-13-11-16(12-14-18)15-20-21(25)24(19-9-5-2-6-10-19)22(28(20,26)27)17-7-3-1-4-8-17/h1-15,22H/b20-15+/t22-/m1/s1. The summed E-state index contributed by atoms with van der Waals surface area (Å²) in [4.78, 5) is 14.2. The van der Waals surface area contributed by atoms with E-state index >= 15 is 0 Å². The van der Waals surface area contributed by atoms with Crippen molar-refractivity contribution in [3.8, 4) is 0 Å². The van der Waals surface area contributed by atoms with Crippen molar-refractivity contribution in [2.45, 2.75) is 5.37 Å². The highest BCUT2D eigenvalue weighted by molar-refractivity contribution is 7.97. The fraction of sp³-hybridized carbons (Fsp3) is 0.0455. The van der Waals surface area contributed by atoms with Gasteiger partial charge in [-0.25, -0.2) is 12.8 Å². The lowest BCUT2D eigenvalue weighted by Gasteiger charge is -2.23. The molecule has 0 aromatic heterocycles. The molecule has 1 aliphatic heterocycles. The molecule has 140 valence electrons. The van der Waals surface area contributed by atoms with Crippen molar-refractivity contribution in [2.75, 3.05) is 4.90 Å². The van der Waals surface area contributed by atoms with Crippen LogP contribution >= 0.6 is 0 Å². The largest absolute Gasteiger partial charge is 0.286 e. The monoisotopic (exact) mass is 393 g/mol. The van der Waals surface area contributed by atoms with Gasteiger partial charge >= 0.3 is 0 Å². The van der Waals surface area contributed by atoms with E-state index in [1.807, 2.05) is 0 Å². The van der Waals surface area contributed by atoms with Gasteiger partial charge in [0.25, 0.3) is 5.91 Å². The molecule has 3 aromatic rings. The number of halogens is 1. The summed E-state index contributed by atoms with van der Waals surface area (Å²) in [6, 6.07) is 22.7. The molecule has 0 spiro atoms. The highest BCUT2D eigenvalue weighted by Crippen LogP contribution is 2.43. The normalized spacial score (nSPS) is 19.9. The molecule has 0 bridgehead atoms. The Morgan fingerprint density at radius 2 is 1.39 bits per heavy atom. The van der Waals surface area contributed by atoms with Gasteiger partial charge in [0.15, 0.2) is 5.37 Å². The van der Waals surface area contributed by atoms with E-state index in [0.29, 0.717) is 16.8 Å². The van der Waals surface area contributed by atoms with Gasteiger partial charge in [0, 0.05) is 5.69 Å². The fourth-order valence-electron chi connectivity index (χ4n) is 3.25. The zero-order chi connectivity index (χ0) is 19.7. The Hall–Kier alpha value is -3.25. The van der Waals surface area contributed by atoms with Crippen LogP contribution in [0.15, 0.2) is 89.8 Å². The second-order valence-electron chi connectivity index (χ2n) is 6.38. The number of hydrogen-bond donors (Lipinski definition) is 0. The number of anilines is 1. The quantitative estimate of drug-likeness (QED) is 0.623. The van der Waals surface area contributed by atoms with Crippen LogP contribution in [0.1, 0.15) is 16.5 Å². The summed E-state index contributed by atoms with van der Waals surface area (Å²) < 4.78 is 39.9. The number of benzene rings is 3. The van der Waals surface area contributed by atoms with Crippen molar-refractivity contribution < 1.29 is 17.6 Å². The van der Waals surface area contributed by atoms with Crippen molar-refractivity contribution >= 4 is 27.5 Å². The van der Waals surface area contributed by atoms with Gasteiger partial charge in [0.1, 0.15) is 10.7 Å². The summed E-state index contributed by atoms with van der Waals surface area (Å²) in [6.07, 6.45) is 1.30. The van der Waals surface area contributed by atoms with Gasteiger partial charge in [0.2, 0.25) is 9.84 Å². The third-order valence-electron chi connectivity index (χ3n) is 4.55. The van der Waals surface area contributed by atoms with Crippen LogP contribution in [0.2, 0.25) is 0 Å². The molecule has 4 rings (SSSR count). The molecule has 1 amide bonds. The van der Waals surface area contributed by atoms with Crippen LogP contribution in [0, 0.1) is 5.82 Å². The minimum Gasteiger partial charge on any atom is -0.286 e. The highest BCUT2D eigenvalue weighted by Gasteiger charge is 2.50. The second kappa shape index (κ2) is 7.05. The number of hydrogen-bond acceptors (Lipinski definition) is 3. The van der Waals surface area contributed by atoms with Gasteiger partial charge in [-0.05, 0) is 41.5 Å². The van der Waals surface area contributed by atoms with Crippen LogP contribution in [0.3, 0.4) is 0 Å². The Morgan fingerprint density at radius 1 is 0.821 bits per heavy atom. The van der Waals surface area contributed by atoms with Crippen LogP contribution in [0.25, 0.3) is 6.08 Å². The summed E-state index contributed by atoms with van der Waals surface area (Å²) >= 11 is 0. The molecule has 0 radical (unpaired) electrons. The summed E-state index contributed by atoms with van der Waals surface area (Å²) in [7, 11) is -3.99. The predicted octanol–water partition coefficient (Wildman–Crippen LogP) is 4.33. The van der Waals surface area contributed by atoms with E-state index in [9.17, 15) is 17.6 Å². The number of carbonyl (C=O) groups excluding carboxylic acids is 1. The molecule has 6 heteroatoms. The van der Waals surface area contributed by atoms with Crippen LogP contribution in [-0.4, -0.2) is 14.3 Å². The van der Waals surface area contributed by atoms with Gasteiger partial charge in [-0.1, -0.05) is 60.7 Å². The number of sulfone groups is 1. The van der Waals surface area contributed by atoms with Gasteiger partial charge in [0.05, 0.1) is 0 Å².